The standard InChI is InChI=1S/C15H19N3O2/c1-11-5-4-6-14(12(11)2)18-10-13(9-16)15(19)17-7-8-20-3/h4-6,10,18H,7-8H2,1-3H3,(H,17,19)/b13-10-. The highest BCUT2D eigenvalue weighted by atomic mass is 16.5. The van der Waals surface area contributed by atoms with Crippen LogP contribution in [0.5, 0.6) is 0 Å². The number of ether oxygens (including phenoxy) is 1. The largest absolute Gasteiger partial charge is 0.383 e. The van der Waals surface area contributed by atoms with Gasteiger partial charge in [-0.2, -0.15) is 5.26 Å². The SMILES string of the molecule is COCCNC(=O)/C(C#N)=C\Nc1cccc(C)c1C. The number of carbonyl (C=O) groups is 1. The van der Waals surface area contributed by atoms with Crippen molar-refractivity contribution in [2.75, 3.05) is 25.6 Å². The normalized spacial score (nSPS) is 10.8. The molecule has 0 atom stereocenters. The Morgan fingerprint density at radius 3 is 2.85 bits per heavy atom. The molecular weight excluding hydrogens is 254 g/mol. The van der Waals surface area contributed by atoms with Crippen molar-refractivity contribution in [3.8, 4) is 6.07 Å². The smallest absolute Gasteiger partial charge is 0.263 e. The van der Waals surface area contributed by atoms with E-state index in [0.29, 0.717) is 13.2 Å². The van der Waals surface area contributed by atoms with Gasteiger partial charge in [0.2, 0.25) is 0 Å². The molecule has 0 bridgehead atoms. The molecule has 0 spiro atoms. The summed E-state index contributed by atoms with van der Waals surface area (Å²) in [4.78, 5) is 11.7. The van der Waals surface area contributed by atoms with E-state index in [1.54, 1.807) is 7.11 Å². The van der Waals surface area contributed by atoms with Gasteiger partial charge in [0, 0.05) is 25.5 Å². The first kappa shape index (κ1) is 15.7. The van der Waals surface area contributed by atoms with Gasteiger partial charge in [-0.25, -0.2) is 0 Å². The van der Waals surface area contributed by atoms with E-state index in [0.717, 1.165) is 16.8 Å². The molecule has 106 valence electrons. The summed E-state index contributed by atoms with van der Waals surface area (Å²) in [5.41, 5.74) is 3.14. The van der Waals surface area contributed by atoms with Crippen LogP contribution < -0.4 is 10.6 Å². The summed E-state index contributed by atoms with van der Waals surface area (Å²) in [5, 5.41) is 14.6. The molecule has 0 unspecified atom stereocenters. The highest BCUT2D eigenvalue weighted by molar-refractivity contribution is 5.97. The quantitative estimate of drug-likeness (QED) is 0.471. The molecule has 0 heterocycles. The molecule has 0 aromatic heterocycles. The molecule has 2 N–H and O–H groups in total. The van der Waals surface area contributed by atoms with Crippen molar-refractivity contribution < 1.29 is 9.53 Å². The number of rotatable bonds is 6. The molecule has 0 saturated heterocycles. The van der Waals surface area contributed by atoms with Gasteiger partial charge in [0.05, 0.1) is 6.61 Å². The van der Waals surface area contributed by atoms with Crippen molar-refractivity contribution in [3.05, 3.63) is 41.1 Å². The van der Waals surface area contributed by atoms with E-state index >= 15 is 0 Å². The van der Waals surface area contributed by atoms with Gasteiger partial charge >= 0.3 is 0 Å². The van der Waals surface area contributed by atoms with E-state index in [-0.39, 0.29) is 5.57 Å². The first-order valence-electron chi connectivity index (χ1n) is 6.30. The van der Waals surface area contributed by atoms with Crippen LogP contribution in [0.15, 0.2) is 30.0 Å². The number of aryl methyl sites for hydroxylation is 1. The molecular formula is C15H19N3O2. The summed E-state index contributed by atoms with van der Waals surface area (Å²) >= 11 is 0. The van der Waals surface area contributed by atoms with Gasteiger partial charge in [0.1, 0.15) is 11.6 Å². The van der Waals surface area contributed by atoms with E-state index in [1.165, 1.54) is 6.20 Å². The number of hydrogen-bond acceptors (Lipinski definition) is 4. The van der Waals surface area contributed by atoms with Crippen LogP contribution in [0, 0.1) is 25.2 Å². The fraction of sp³-hybridized carbons (Fsp3) is 0.333. The lowest BCUT2D eigenvalue weighted by molar-refractivity contribution is -0.117. The van der Waals surface area contributed by atoms with Crippen LogP contribution in [-0.2, 0) is 9.53 Å². The molecule has 1 amide bonds. The van der Waals surface area contributed by atoms with Crippen molar-refractivity contribution in [3.63, 3.8) is 0 Å². The van der Waals surface area contributed by atoms with Crippen LogP contribution in [0.25, 0.3) is 0 Å². The molecule has 1 aromatic carbocycles. The third-order valence-electron chi connectivity index (χ3n) is 2.93. The molecule has 0 aliphatic heterocycles. The van der Waals surface area contributed by atoms with Gasteiger partial charge in [0.25, 0.3) is 5.91 Å². The van der Waals surface area contributed by atoms with Crippen molar-refractivity contribution in [1.29, 1.82) is 5.26 Å². The first-order chi connectivity index (χ1) is 9.60. The molecule has 1 aromatic rings. The van der Waals surface area contributed by atoms with E-state index < -0.39 is 5.91 Å². The molecule has 0 aliphatic carbocycles. The summed E-state index contributed by atoms with van der Waals surface area (Å²) in [6, 6.07) is 7.70. The van der Waals surface area contributed by atoms with E-state index in [9.17, 15) is 4.79 Å². The molecule has 5 heteroatoms. The van der Waals surface area contributed by atoms with Gasteiger partial charge in [-0.15, -0.1) is 0 Å². The summed E-state index contributed by atoms with van der Waals surface area (Å²) in [6.07, 6.45) is 1.42. The second kappa shape index (κ2) is 7.97. The third-order valence-corrected chi connectivity index (χ3v) is 2.93. The average Bonchev–Trinajstić information content (AvgIpc) is 2.44. The van der Waals surface area contributed by atoms with Gasteiger partial charge in [-0.1, -0.05) is 12.1 Å². The Kier molecular flexibility index (Phi) is 6.27. The van der Waals surface area contributed by atoms with Gasteiger partial charge in [0.15, 0.2) is 0 Å². The number of anilines is 1. The lowest BCUT2D eigenvalue weighted by Crippen LogP contribution is -2.28. The molecule has 0 fully saturated rings. The number of nitriles is 1. The molecule has 5 nitrogen and oxygen atoms in total. The van der Waals surface area contributed by atoms with Gasteiger partial charge in [-0.3, -0.25) is 4.79 Å². The first-order valence-corrected chi connectivity index (χ1v) is 6.30. The van der Waals surface area contributed by atoms with Crippen LogP contribution >= 0.6 is 0 Å². The highest BCUT2D eigenvalue weighted by Crippen LogP contribution is 2.18. The van der Waals surface area contributed by atoms with Crippen molar-refractivity contribution in [1.82, 2.24) is 5.32 Å². The Balaban J connectivity index is 2.73. The minimum absolute atomic E-state index is 0.0296. The number of nitrogens with zero attached hydrogens (tertiary/aromatic N) is 1. The summed E-state index contributed by atoms with van der Waals surface area (Å²) in [5.74, 6) is -0.414. The number of benzene rings is 1. The number of amides is 1. The second-order valence-corrected chi connectivity index (χ2v) is 4.31. The maximum Gasteiger partial charge on any atom is 0.263 e. The number of hydrogen-bond donors (Lipinski definition) is 2. The molecule has 0 saturated carbocycles. The maximum absolute atomic E-state index is 11.7. The summed E-state index contributed by atoms with van der Waals surface area (Å²) < 4.78 is 4.83. The third kappa shape index (κ3) is 4.41. The molecule has 0 radical (unpaired) electrons. The van der Waals surface area contributed by atoms with E-state index in [2.05, 4.69) is 10.6 Å². The fourth-order valence-corrected chi connectivity index (χ4v) is 1.57. The zero-order valence-electron chi connectivity index (χ0n) is 12.0. The fourth-order valence-electron chi connectivity index (χ4n) is 1.57. The van der Waals surface area contributed by atoms with Crippen LogP contribution in [0.4, 0.5) is 5.69 Å². The number of carbonyl (C=O) groups excluding carboxylic acids is 1. The zero-order chi connectivity index (χ0) is 15.0. The van der Waals surface area contributed by atoms with E-state index in [1.807, 2.05) is 38.1 Å². The Hall–Kier alpha value is -2.32. The Morgan fingerprint density at radius 2 is 2.20 bits per heavy atom. The summed E-state index contributed by atoms with van der Waals surface area (Å²) in [7, 11) is 1.55. The Labute approximate surface area is 119 Å². The Bertz CT molecular complexity index is 545. The predicted molar refractivity (Wildman–Crippen MR) is 78.1 cm³/mol. The van der Waals surface area contributed by atoms with Crippen molar-refractivity contribution in [2.24, 2.45) is 0 Å². The number of methoxy groups -OCH3 is 1. The van der Waals surface area contributed by atoms with Crippen LogP contribution in [0.3, 0.4) is 0 Å². The minimum atomic E-state index is -0.414. The van der Waals surface area contributed by atoms with E-state index in [4.69, 9.17) is 10.00 Å². The predicted octanol–water partition coefficient (Wildman–Crippen LogP) is 1.89. The highest BCUT2D eigenvalue weighted by Gasteiger charge is 2.08. The van der Waals surface area contributed by atoms with Crippen molar-refractivity contribution in [2.45, 2.75) is 13.8 Å². The minimum Gasteiger partial charge on any atom is -0.383 e. The lowest BCUT2D eigenvalue weighted by atomic mass is 10.1. The lowest BCUT2D eigenvalue weighted by Gasteiger charge is -2.08. The zero-order valence-corrected chi connectivity index (χ0v) is 12.0. The average molecular weight is 273 g/mol. The second-order valence-electron chi connectivity index (χ2n) is 4.31. The molecule has 0 aliphatic rings. The molecule has 20 heavy (non-hydrogen) atoms. The van der Waals surface area contributed by atoms with Crippen LogP contribution in [-0.4, -0.2) is 26.2 Å². The summed E-state index contributed by atoms with van der Waals surface area (Å²) in [6.45, 7) is 4.77. The van der Waals surface area contributed by atoms with Gasteiger partial charge < -0.3 is 15.4 Å². The van der Waals surface area contributed by atoms with Crippen molar-refractivity contribution >= 4 is 11.6 Å². The number of nitrogens with one attached hydrogen (secondary N) is 2. The topological polar surface area (TPSA) is 74.1 Å². The van der Waals surface area contributed by atoms with Gasteiger partial charge in [-0.05, 0) is 31.0 Å². The van der Waals surface area contributed by atoms with Crippen LogP contribution in [0.1, 0.15) is 11.1 Å². The van der Waals surface area contributed by atoms with Crippen LogP contribution in [0.2, 0.25) is 0 Å². The Morgan fingerprint density at radius 1 is 1.45 bits per heavy atom. The monoisotopic (exact) mass is 273 g/mol. The maximum atomic E-state index is 11.7. The molecule has 1 rings (SSSR count).